The van der Waals surface area contributed by atoms with Crippen LogP contribution >= 0.6 is 0 Å². The molecule has 0 aromatic heterocycles. The van der Waals surface area contributed by atoms with Gasteiger partial charge in [0, 0.05) is 13.0 Å². The average Bonchev–Trinajstić information content (AvgIpc) is 2.38. The predicted molar refractivity (Wildman–Crippen MR) is 64.5 cm³/mol. The summed E-state index contributed by atoms with van der Waals surface area (Å²) in [4.78, 5) is 0. The molecule has 2 unspecified atom stereocenters. The van der Waals surface area contributed by atoms with Crippen LogP contribution < -0.4 is 5.73 Å². The average molecular weight is 255 g/mol. The van der Waals surface area contributed by atoms with Crippen molar-refractivity contribution in [2.24, 2.45) is 5.73 Å². The van der Waals surface area contributed by atoms with Crippen LogP contribution in [0.2, 0.25) is 0 Å². The summed E-state index contributed by atoms with van der Waals surface area (Å²) in [7, 11) is 0. The molecule has 4 atom stereocenters. The van der Waals surface area contributed by atoms with Gasteiger partial charge in [-0.1, -0.05) is 30.3 Å². The van der Waals surface area contributed by atoms with E-state index in [0.717, 1.165) is 5.56 Å². The van der Waals surface area contributed by atoms with Gasteiger partial charge in [-0.3, -0.25) is 0 Å². The second kappa shape index (κ2) is 6.24. The Balaban J connectivity index is 1.94. The second-order valence-corrected chi connectivity index (χ2v) is 4.38. The zero-order chi connectivity index (χ0) is 13.0. The number of aliphatic hydroxyl groups is 1. The smallest absolute Gasteiger partial charge is 0.157 e. The van der Waals surface area contributed by atoms with Gasteiger partial charge in [-0.05, 0) is 5.56 Å². The zero-order valence-electron chi connectivity index (χ0n) is 10.0. The van der Waals surface area contributed by atoms with E-state index < -0.39 is 24.7 Å². The number of alkyl halides is 1. The van der Waals surface area contributed by atoms with Gasteiger partial charge in [0.15, 0.2) is 6.29 Å². The lowest BCUT2D eigenvalue weighted by molar-refractivity contribution is -0.230. The molecular formula is C13H18FNO3. The monoisotopic (exact) mass is 255 g/mol. The normalized spacial score (nSPS) is 32.4. The van der Waals surface area contributed by atoms with Crippen LogP contribution in [0.1, 0.15) is 12.0 Å². The third-order valence-electron chi connectivity index (χ3n) is 3.00. The van der Waals surface area contributed by atoms with Crippen LogP contribution in [0, 0.1) is 0 Å². The van der Waals surface area contributed by atoms with Gasteiger partial charge in [0.2, 0.25) is 0 Å². The van der Waals surface area contributed by atoms with Crippen LogP contribution in [-0.4, -0.2) is 36.3 Å². The molecule has 5 heteroatoms. The Labute approximate surface area is 106 Å². The maximum atomic E-state index is 13.8. The highest BCUT2D eigenvalue weighted by molar-refractivity contribution is 5.13. The Hall–Kier alpha value is -1.01. The van der Waals surface area contributed by atoms with Crippen molar-refractivity contribution in [1.29, 1.82) is 0 Å². The molecule has 1 aliphatic rings. The standard InChI is InChI=1S/C13H18FNO3/c14-10-6-12(16)18-11(7-15)13(10)17-8-9-4-2-1-3-5-9/h1-5,10-13,16H,6-8,15H2/t10?,11?,12-,13-/m0/s1. The Kier molecular flexibility index (Phi) is 4.66. The molecule has 4 nitrogen and oxygen atoms in total. The van der Waals surface area contributed by atoms with Crippen molar-refractivity contribution in [3.63, 3.8) is 0 Å². The zero-order valence-corrected chi connectivity index (χ0v) is 10.0. The predicted octanol–water partition coefficient (Wildman–Crippen LogP) is 0.976. The van der Waals surface area contributed by atoms with Crippen LogP contribution in [0.15, 0.2) is 30.3 Å². The fourth-order valence-corrected chi connectivity index (χ4v) is 2.06. The summed E-state index contributed by atoms with van der Waals surface area (Å²) in [6.45, 7) is 0.429. The van der Waals surface area contributed by atoms with Gasteiger partial charge in [-0.2, -0.15) is 0 Å². The van der Waals surface area contributed by atoms with Crippen molar-refractivity contribution in [1.82, 2.24) is 0 Å². The van der Waals surface area contributed by atoms with Crippen molar-refractivity contribution in [3.05, 3.63) is 35.9 Å². The Morgan fingerprint density at radius 1 is 1.39 bits per heavy atom. The van der Waals surface area contributed by atoms with E-state index in [1.165, 1.54) is 0 Å². The first kappa shape index (κ1) is 13.4. The number of halogens is 1. The molecule has 1 aromatic carbocycles. The maximum absolute atomic E-state index is 13.8. The molecule has 1 aliphatic heterocycles. The Morgan fingerprint density at radius 3 is 2.78 bits per heavy atom. The molecule has 18 heavy (non-hydrogen) atoms. The minimum Gasteiger partial charge on any atom is -0.368 e. The number of ether oxygens (including phenoxy) is 2. The largest absolute Gasteiger partial charge is 0.368 e. The van der Waals surface area contributed by atoms with Gasteiger partial charge in [-0.15, -0.1) is 0 Å². The van der Waals surface area contributed by atoms with Crippen LogP contribution in [0.4, 0.5) is 4.39 Å². The van der Waals surface area contributed by atoms with Gasteiger partial charge in [0.25, 0.3) is 0 Å². The number of aliphatic hydroxyl groups excluding tert-OH is 1. The van der Waals surface area contributed by atoms with Gasteiger partial charge in [0.1, 0.15) is 18.4 Å². The summed E-state index contributed by atoms with van der Waals surface area (Å²) in [6, 6.07) is 9.51. The van der Waals surface area contributed by atoms with E-state index in [0.29, 0.717) is 6.61 Å². The molecule has 0 saturated carbocycles. The molecule has 2 rings (SSSR count). The highest BCUT2D eigenvalue weighted by Gasteiger charge is 2.38. The van der Waals surface area contributed by atoms with Gasteiger partial charge in [0.05, 0.1) is 6.61 Å². The van der Waals surface area contributed by atoms with Crippen LogP contribution in [0.3, 0.4) is 0 Å². The number of rotatable bonds is 4. The summed E-state index contributed by atoms with van der Waals surface area (Å²) in [5.74, 6) is 0. The summed E-state index contributed by atoms with van der Waals surface area (Å²) in [6.07, 6.45) is -3.75. The molecule has 0 amide bonds. The highest BCUT2D eigenvalue weighted by Crippen LogP contribution is 2.24. The highest BCUT2D eigenvalue weighted by atomic mass is 19.1. The fourth-order valence-electron chi connectivity index (χ4n) is 2.06. The van der Waals surface area contributed by atoms with E-state index in [-0.39, 0.29) is 13.0 Å². The van der Waals surface area contributed by atoms with Crippen molar-refractivity contribution >= 4 is 0 Å². The van der Waals surface area contributed by atoms with Crippen molar-refractivity contribution in [2.45, 2.75) is 37.7 Å². The molecule has 0 spiro atoms. The number of nitrogens with two attached hydrogens (primary N) is 1. The summed E-state index contributed by atoms with van der Waals surface area (Å²) in [5.41, 5.74) is 6.47. The topological polar surface area (TPSA) is 64.7 Å². The second-order valence-electron chi connectivity index (χ2n) is 4.38. The van der Waals surface area contributed by atoms with Crippen molar-refractivity contribution in [2.75, 3.05) is 6.54 Å². The summed E-state index contributed by atoms with van der Waals surface area (Å²) >= 11 is 0. The molecule has 0 bridgehead atoms. The Morgan fingerprint density at radius 2 is 2.11 bits per heavy atom. The van der Waals surface area contributed by atoms with Crippen molar-refractivity contribution < 1.29 is 19.0 Å². The van der Waals surface area contributed by atoms with E-state index in [1.807, 2.05) is 30.3 Å². The van der Waals surface area contributed by atoms with E-state index in [4.69, 9.17) is 15.2 Å². The molecule has 1 saturated heterocycles. The molecule has 1 aromatic rings. The first-order valence-corrected chi connectivity index (χ1v) is 6.04. The van der Waals surface area contributed by atoms with Gasteiger partial charge in [-0.25, -0.2) is 4.39 Å². The third kappa shape index (κ3) is 3.26. The van der Waals surface area contributed by atoms with E-state index in [1.54, 1.807) is 0 Å². The summed E-state index contributed by atoms with van der Waals surface area (Å²) < 4.78 is 24.5. The van der Waals surface area contributed by atoms with E-state index in [2.05, 4.69) is 0 Å². The molecule has 100 valence electrons. The Bertz CT molecular complexity index is 363. The molecule has 3 N–H and O–H groups in total. The number of hydrogen-bond donors (Lipinski definition) is 2. The van der Waals surface area contributed by atoms with Gasteiger partial charge >= 0.3 is 0 Å². The quantitative estimate of drug-likeness (QED) is 0.841. The first-order valence-electron chi connectivity index (χ1n) is 6.04. The SMILES string of the molecule is NCC1O[C@H](O)CC(F)[C@@H]1OCc1ccccc1. The van der Waals surface area contributed by atoms with E-state index >= 15 is 0 Å². The lowest BCUT2D eigenvalue weighted by Crippen LogP contribution is -2.51. The lowest BCUT2D eigenvalue weighted by atomic mass is 10.0. The first-order chi connectivity index (χ1) is 8.70. The van der Waals surface area contributed by atoms with Crippen molar-refractivity contribution in [3.8, 4) is 0 Å². The summed E-state index contributed by atoms with van der Waals surface area (Å²) in [5, 5.41) is 9.31. The molecule has 0 aliphatic carbocycles. The van der Waals surface area contributed by atoms with Crippen LogP contribution in [0.5, 0.6) is 0 Å². The third-order valence-corrected chi connectivity index (χ3v) is 3.00. The van der Waals surface area contributed by atoms with Crippen LogP contribution in [0.25, 0.3) is 0 Å². The van der Waals surface area contributed by atoms with E-state index in [9.17, 15) is 9.50 Å². The minimum absolute atomic E-state index is 0.0735. The molecular weight excluding hydrogens is 237 g/mol. The number of hydrogen-bond acceptors (Lipinski definition) is 4. The molecule has 1 heterocycles. The maximum Gasteiger partial charge on any atom is 0.157 e. The molecule has 0 radical (unpaired) electrons. The number of benzene rings is 1. The molecule has 1 fully saturated rings. The lowest BCUT2D eigenvalue weighted by Gasteiger charge is -2.36. The van der Waals surface area contributed by atoms with Crippen LogP contribution in [-0.2, 0) is 16.1 Å². The fraction of sp³-hybridized carbons (Fsp3) is 0.538. The minimum atomic E-state index is -1.26. The van der Waals surface area contributed by atoms with Gasteiger partial charge < -0.3 is 20.3 Å².